The number of Topliss-reactive ketones (excluding diaryl/α,β-unsaturated/α-hetero) is 1. The first-order valence-electron chi connectivity index (χ1n) is 13.1. The molecule has 0 saturated heterocycles. The average molecular weight is 544 g/mol. The maximum absolute atomic E-state index is 12.6. The average Bonchev–Trinajstić information content (AvgIpc) is 3.67. The molecular formula is C29H33N7O4. The van der Waals surface area contributed by atoms with Gasteiger partial charge in [0.2, 0.25) is 11.7 Å². The topological polar surface area (TPSA) is 161 Å². The molecule has 4 N–H and O–H groups in total. The van der Waals surface area contributed by atoms with Gasteiger partial charge in [0.05, 0.1) is 36.8 Å². The molecule has 0 unspecified atom stereocenters. The molecule has 0 fully saturated rings. The highest BCUT2D eigenvalue weighted by molar-refractivity contribution is 5.91. The summed E-state index contributed by atoms with van der Waals surface area (Å²) in [6, 6.07) is 7.53. The summed E-state index contributed by atoms with van der Waals surface area (Å²) in [5.74, 6) is 1.06. The van der Waals surface area contributed by atoms with Crippen LogP contribution in [0.15, 0.2) is 64.6 Å². The summed E-state index contributed by atoms with van der Waals surface area (Å²) in [6.07, 6.45) is 12.2. The van der Waals surface area contributed by atoms with E-state index >= 15 is 0 Å². The van der Waals surface area contributed by atoms with E-state index in [-0.39, 0.29) is 30.2 Å². The van der Waals surface area contributed by atoms with Crippen molar-refractivity contribution >= 4 is 28.8 Å². The second-order valence-electron chi connectivity index (χ2n) is 9.23. The lowest BCUT2D eigenvalue weighted by molar-refractivity contribution is -0.120. The number of aliphatic imine (C=N–C) groups is 1. The Bertz CT molecular complexity index is 1490. The van der Waals surface area contributed by atoms with Crippen molar-refractivity contribution < 1.29 is 18.7 Å². The highest BCUT2D eigenvalue weighted by atomic mass is 16.5. The number of nitrogens with one attached hydrogen (secondary N) is 2. The largest absolute Gasteiger partial charge is 0.496 e. The van der Waals surface area contributed by atoms with E-state index in [4.69, 9.17) is 14.9 Å². The number of hydrogen-bond acceptors (Lipinski definition) is 9. The number of carbonyl (C=O) groups excluding carboxylic acids is 2. The summed E-state index contributed by atoms with van der Waals surface area (Å²) in [7, 11) is 1.62. The van der Waals surface area contributed by atoms with E-state index in [0.717, 1.165) is 40.7 Å². The third-order valence-corrected chi connectivity index (χ3v) is 6.31. The van der Waals surface area contributed by atoms with Gasteiger partial charge in [-0.2, -0.15) is 0 Å². The number of imidazole rings is 1. The van der Waals surface area contributed by atoms with Gasteiger partial charge in [-0.05, 0) is 44.2 Å². The summed E-state index contributed by atoms with van der Waals surface area (Å²) < 4.78 is 10.7. The van der Waals surface area contributed by atoms with Crippen molar-refractivity contribution in [1.82, 2.24) is 25.3 Å². The van der Waals surface area contributed by atoms with Gasteiger partial charge >= 0.3 is 0 Å². The number of oxazole rings is 1. The summed E-state index contributed by atoms with van der Waals surface area (Å²) in [5.41, 5.74) is 8.68. The highest BCUT2D eigenvalue weighted by Gasteiger charge is 2.20. The molecule has 0 spiro atoms. The molecule has 1 aromatic carbocycles. The molecule has 0 radical (unpaired) electrons. The lowest BCUT2D eigenvalue weighted by Gasteiger charge is -2.16. The molecular weight excluding hydrogens is 510 g/mol. The minimum Gasteiger partial charge on any atom is -0.496 e. The third kappa shape index (κ3) is 7.40. The molecule has 40 heavy (non-hydrogen) atoms. The zero-order valence-electron chi connectivity index (χ0n) is 22.6. The number of pyridine rings is 1. The molecule has 1 atom stereocenters. The molecule has 4 rings (SSSR count). The monoisotopic (exact) mass is 543 g/mol. The van der Waals surface area contributed by atoms with Crippen molar-refractivity contribution in [2.45, 2.75) is 45.1 Å². The second-order valence-corrected chi connectivity index (χ2v) is 9.23. The zero-order chi connectivity index (χ0) is 28.3. The fraction of sp³-hybridized carbons (Fsp3) is 0.310. The Morgan fingerprint density at radius 3 is 2.88 bits per heavy atom. The Kier molecular flexibility index (Phi) is 9.76. The number of benzene rings is 1. The van der Waals surface area contributed by atoms with Crippen LogP contribution >= 0.6 is 0 Å². The van der Waals surface area contributed by atoms with Crippen LogP contribution in [0.3, 0.4) is 0 Å². The summed E-state index contributed by atoms with van der Waals surface area (Å²) >= 11 is 0. The van der Waals surface area contributed by atoms with Crippen LogP contribution in [0.2, 0.25) is 0 Å². The Balaban J connectivity index is 1.47. The minimum atomic E-state index is -0.375. The molecule has 0 aliphatic carbocycles. The number of carbonyl (C=O) groups is 2. The predicted molar refractivity (Wildman–Crippen MR) is 152 cm³/mol. The normalized spacial score (nSPS) is 12.3. The molecule has 0 saturated carbocycles. The number of aromatic nitrogens is 4. The fourth-order valence-corrected chi connectivity index (χ4v) is 4.33. The number of methoxy groups -OCH3 is 1. The van der Waals surface area contributed by atoms with E-state index in [1.165, 1.54) is 24.9 Å². The number of unbranched alkanes of at least 4 members (excludes halogenated alkanes) is 2. The summed E-state index contributed by atoms with van der Waals surface area (Å²) in [4.78, 5) is 45.3. The van der Waals surface area contributed by atoms with Gasteiger partial charge in [0.25, 0.3) is 5.89 Å². The van der Waals surface area contributed by atoms with Crippen LogP contribution in [-0.2, 0) is 4.79 Å². The predicted octanol–water partition coefficient (Wildman–Crippen LogP) is 4.46. The van der Waals surface area contributed by atoms with Crippen molar-refractivity contribution in [1.29, 1.82) is 0 Å². The van der Waals surface area contributed by atoms with Crippen molar-refractivity contribution in [2.75, 3.05) is 13.7 Å². The Morgan fingerprint density at radius 2 is 2.10 bits per heavy atom. The number of ketones is 1. The molecule has 4 aromatic rings. The number of aromatic amines is 1. The number of fused-ring (bicyclic) bond motifs is 1. The van der Waals surface area contributed by atoms with Crippen LogP contribution in [0, 0.1) is 6.92 Å². The van der Waals surface area contributed by atoms with Crippen molar-refractivity contribution in [3.63, 3.8) is 0 Å². The van der Waals surface area contributed by atoms with Gasteiger partial charge < -0.3 is 25.2 Å². The van der Waals surface area contributed by atoms with E-state index in [0.29, 0.717) is 30.8 Å². The summed E-state index contributed by atoms with van der Waals surface area (Å²) in [5, 5.41) is 4.00. The van der Waals surface area contributed by atoms with E-state index < -0.39 is 0 Å². The summed E-state index contributed by atoms with van der Waals surface area (Å²) in [6.45, 7) is 1.91. The van der Waals surface area contributed by atoms with Crippen LogP contribution < -0.4 is 15.8 Å². The molecule has 0 aliphatic heterocycles. The minimum absolute atomic E-state index is 0.0377. The number of nitrogens with zero attached hydrogens (tertiary/aromatic N) is 4. The Labute approximate surface area is 232 Å². The van der Waals surface area contributed by atoms with Gasteiger partial charge in [-0.25, -0.2) is 9.97 Å². The quantitative estimate of drug-likeness (QED) is 0.119. The van der Waals surface area contributed by atoms with E-state index in [9.17, 15) is 9.59 Å². The SMILES string of the molecule is COc1cc2nc(C)ccc2cc1-c1cnc([C@H](CCCCCC(=O)c2ncco2)NC(=O)CN=CC=CN)[nH]1. The van der Waals surface area contributed by atoms with Crippen LogP contribution in [-0.4, -0.2) is 51.5 Å². The second kappa shape index (κ2) is 13.8. The number of nitrogens with two attached hydrogens (primary N) is 1. The van der Waals surface area contributed by atoms with Crippen LogP contribution in [0.4, 0.5) is 0 Å². The van der Waals surface area contributed by atoms with Crippen molar-refractivity contribution in [3.8, 4) is 17.0 Å². The molecule has 1 amide bonds. The maximum atomic E-state index is 12.6. The Morgan fingerprint density at radius 1 is 1.23 bits per heavy atom. The first-order chi connectivity index (χ1) is 19.5. The number of aryl methyl sites for hydroxylation is 1. The first-order valence-corrected chi connectivity index (χ1v) is 13.1. The van der Waals surface area contributed by atoms with Crippen LogP contribution in [0.5, 0.6) is 5.75 Å². The molecule has 11 heteroatoms. The number of hydrogen-bond donors (Lipinski definition) is 3. The Hall–Kier alpha value is -4.80. The number of rotatable bonds is 14. The zero-order valence-corrected chi connectivity index (χ0v) is 22.6. The van der Waals surface area contributed by atoms with Gasteiger partial charge in [0.15, 0.2) is 0 Å². The van der Waals surface area contributed by atoms with Gasteiger partial charge in [-0.15, -0.1) is 0 Å². The standard InChI is InChI=1S/C29H33N7O4/c1-19-9-10-20-15-21(26(39-2)16-23(20)34-19)24-17-33-28(36-24)22(35-27(38)18-31-12-6-11-30)7-4-3-5-8-25(37)29-32-13-14-40-29/h6,9-17,22H,3-5,7-8,18,30H2,1-2H3,(H,33,36)(H,35,38)/t22-/m0/s1. The molecule has 3 aromatic heterocycles. The number of amides is 1. The highest BCUT2D eigenvalue weighted by Crippen LogP contribution is 2.33. The number of H-pyrrole nitrogens is 1. The van der Waals surface area contributed by atoms with Gasteiger partial charge in [0, 0.05) is 35.3 Å². The molecule has 0 bridgehead atoms. The molecule has 11 nitrogen and oxygen atoms in total. The van der Waals surface area contributed by atoms with E-state index in [2.05, 4.69) is 30.2 Å². The van der Waals surface area contributed by atoms with Gasteiger partial charge in [-0.3, -0.25) is 19.6 Å². The van der Waals surface area contributed by atoms with Gasteiger partial charge in [0.1, 0.15) is 24.4 Å². The molecule has 0 aliphatic rings. The lowest BCUT2D eigenvalue weighted by Crippen LogP contribution is -2.31. The molecule has 208 valence electrons. The van der Waals surface area contributed by atoms with E-state index in [1.54, 1.807) is 19.4 Å². The van der Waals surface area contributed by atoms with Crippen LogP contribution in [0.1, 0.15) is 60.3 Å². The van der Waals surface area contributed by atoms with Crippen LogP contribution in [0.25, 0.3) is 22.2 Å². The van der Waals surface area contributed by atoms with Crippen molar-refractivity contribution in [2.24, 2.45) is 10.7 Å². The molecule has 3 heterocycles. The van der Waals surface area contributed by atoms with E-state index in [1.807, 2.05) is 31.2 Å². The maximum Gasteiger partial charge on any atom is 0.263 e. The number of ether oxygens (including phenoxy) is 1. The fourth-order valence-electron chi connectivity index (χ4n) is 4.33. The smallest absolute Gasteiger partial charge is 0.263 e. The number of allylic oxidation sites excluding steroid dienone is 1. The third-order valence-electron chi connectivity index (χ3n) is 6.31. The lowest BCUT2D eigenvalue weighted by atomic mass is 10.0. The van der Waals surface area contributed by atoms with Crippen molar-refractivity contribution in [3.05, 3.63) is 72.6 Å². The van der Waals surface area contributed by atoms with Gasteiger partial charge in [-0.1, -0.05) is 18.9 Å². The first kappa shape index (κ1) is 28.2.